The van der Waals surface area contributed by atoms with Crippen LogP contribution in [0, 0.1) is 10.8 Å². The van der Waals surface area contributed by atoms with Crippen molar-refractivity contribution >= 4 is 11.9 Å². The molecule has 0 radical (unpaired) electrons. The zero-order chi connectivity index (χ0) is 19.9. The molecule has 3 saturated heterocycles. The van der Waals surface area contributed by atoms with Gasteiger partial charge in [-0.3, -0.25) is 9.69 Å². The summed E-state index contributed by atoms with van der Waals surface area (Å²) in [5.74, 6) is 2.11. The molecule has 0 aliphatic carbocycles. The molecular weight excluding hydrogens is 366 g/mol. The summed E-state index contributed by atoms with van der Waals surface area (Å²) < 4.78 is 5.54. The molecule has 7 heteroatoms. The Bertz CT molecular complexity index is 847. The van der Waals surface area contributed by atoms with Crippen LogP contribution in [-0.2, 0) is 11.3 Å². The van der Waals surface area contributed by atoms with Crippen LogP contribution in [0.25, 0.3) is 0 Å². The summed E-state index contributed by atoms with van der Waals surface area (Å²) in [5.41, 5.74) is -0.314. The maximum absolute atomic E-state index is 13.6. The molecule has 5 heterocycles. The third kappa shape index (κ3) is 2.94. The average molecular weight is 396 g/mol. The quantitative estimate of drug-likeness (QED) is 0.792. The van der Waals surface area contributed by atoms with Crippen LogP contribution in [0.3, 0.4) is 0 Å². The summed E-state index contributed by atoms with van der Waals surface area (Å²) in [6.07, 6.45) is 8.32. The molecule has 3 aliphatic rings. The molecule has 2 aromatic heterocycles. The van der Waals surface area contributed by atoms with Crippen molar-refractivity contribution in [2.24, 2.45) is 10.8 Å². The summed E-state index contributed by atoms with van der Waals surface area (Å²) in [6, 6.07) is 5.83. The van der Waals surface area contributed by atoms with Crippen molar-refractivity contribution in [3.63, 3.8) is 0 Å². The predicted molar refractivity (Wildman–Crippen MR) is 109 cm³/mol. The van der Waals surface area contributed by atoms with Gasteiger partial charge in [0.15, 0.2) is 0 Å². The Labute approximate surface area is 171 Å². The minimum absolute atomic E-state index is 0.00707. The summed E-state index contributed by atoms with van der Waals surface area (Å²) >= 11 is 0. The van der Waals surface area contributed by atoms with E-state index in [-0.39, 0.29) is 10.8 Å². The van der Waals surface area contributed by atoms with Crippen LogP contribution in [0.4, 0.5) is 5.95 Å². The fraction of sp³-hybridized carbons (Fsp3) is 0.591. The highest BCUT2D eigenvalue weighted by atomic mass is 16.3. The number of anilines is 1. The Balaban J connectivity index is 1.41. The lowest BCUT2D eigenvalue weighted by atomic mass is 9.60. The first-order valence-corrected chi connectivity index (χ1v) is 10.7. The number of furan rings is 1. The number of hydrogen-bond donors (Lipinski definition) is 0. The Kier molecular flexibility index (Phi) is 4.57. The van der Waals surface area contributed by atoms with Crippen molar-refractivity contribution in [1.82, 2.24) is 19.8 Å². The summed E-state index contributed by atoms with van der Waals surface area (Å²) in [7, 11) is 0. The molecule has 154 valence electrons. The smallest absolute Gasteiger partial charge is 0.231 e. The Hall–Kier alpha value is -2.41. The van der Waals surface area contributed by atoms with Gasteiger partial charge in [-0.05, 0) is 57.5 Å². The summed E-state index contributed by atoms with van der Waals surface area (Å²) in [4.78, 5) is 29.3. The van der Waals surface area contributed by atoms with Crippen LogP contribution in [0.1, 0.15) is 31.9 Å². The van der Waals surface area contributed by atoms with E-state index < -0.39 is 0 Å². The molecule has 3 aliphatic heterocycles. The van der Waals surface area contributed by atoms with E-state index in [2.05, 4.69) is 26.7 Å². The number of nitrogens with zero attached hydrogens (tertiary/aromatic N) is 5. The molecule has 1 amide bonds. The van der Waals surface area contributed by atoms with Gasteiger partial charge in [-0.25, -0.2) is 9.97 Å². The van der Waals surface area contributed by atoms with Gasteiger partial charge in [-0.2, -0.15) is 0 Å². The lowest BCUT2D eigenvalue weighted by Crippen LogP contribution is -2.52. The maximum atomic E-state index is 13.6. The summed E-state index contributed by atoms with van der Waals surface area (Å²) in [5, 5.41) is 0. The van der Waals surface area contributed by atoms with Crippen LogP contribution in [0.15, 0.2) is 41.3 Å². The number of fused-ring (bicyclic) bond motifs is 1. The molecule has 0 N–H and O–H groups in total. The SMILES string of the molecule is CCN1CCC2(CN(c3ncccn3)CC23CCN(Cc2ccco2)CC3)C1=O. The molecule has 3 fully saturated rings. The minimum Gasteiger partial charge on any atom is -0.468 e. The van der Waals surface area contributed by atoms with Gasteiger partial charge in [0, 0.05) is 44.0 Å². The Morgan fingerprint density at radius 3 is 2.52 bits per heavy atom. The number of aromatic nitrogens is 2. The standard InChI is InChI=1S/C22H29N5O2/c1-2-26-13-8-22(19(26)28)17-27(20-23-9-4-10-24-20)16-21(22)6-11-25(12-7-21)15-18-5-3-14-29-18/h3-5,9-10,14H,2,6-8,11-13,15-17H2,1H3. The molecule has 0 saturated carbocycles. The second kappa shape index (κ2) is 7.13. The zero-order valence-electron chi connectivity index (χ0n) is 17.1. The van der Waals surface area contributed by atoms with Gasteiger partial charge >= 0.3 is 0 Å². The van der Waals surface area contributed by atoms with Crippen LogP contribution in [0.2, 0.25) is 0 Å². The first-order valence-electron chi connectivity index (χ1n) is 10.7. The number of amides is 1. The molecule has 2 spiro atoms. The van der Waals surface area contributed by atoms with Crippen LogP contribution >= 0.6 is 0 Å². The number of carbonyl (C=O) groups excluding carboxylic acids is 1. The van der Waals surface area contributed by atoms with E-state index in [1.165, 1.54) is 0 Å². The number of hydrogen-bond acceptors (Lipinski definition) is 6. The third-order valence-corrected chi connectivity index (χ3v) is 7.46. The Morgan fingerprint density at radius 1 is 1.07 bits per heavy atom. The van der Waals surface area contributed by atoms with Gasteiger partial charge in [-0.1, -0.05) is 0 Å². The highest BCUT2D eigenvalue weighted by Gasteiger charge is 2.65. The van der Waals surface area contributed by atoms with E-state index in [0.717, 1.165) is 76.8 Å². The van der Waals surface area contributed by atoms with Gasteiger partial charge in [-0.15, -0.1) is 0 Å². The van der Waals surface area contributed by atoms with E-state index in [9.17, 15) is 4.79 Å². The first kappa shape index (κ1) is 18.6. The van der Waals surface area contributed by atoms with E-state index >= 15 is 0 Å². The molecule has 0 aromatic carbocycles. The molecule has 1 atom stereocenters. The minimum atomic E-state index is -0.307. The lowest BCUT2D eigenvalue weighted by molar-refractivity contribution is -0.142. The van der Waals surface area contributed by atoms with Crippen LogP contribution in [-0.4, -0.2) is 64.9 Å². The third-order valence-electron chi connectivity index (χ3n) is 7.46. The topological polar surface area (TPSA) is 65.7 Å². The van der Waals surface area contributed by atoms with E-state index in [0.29, 0.717) is 5.91 Å². The van der Waals surface area contributed by atoms with Crippen LogP contribution < -0.4 is 4.90 Å². The molecule has 5 rings (SSSR count). The number of carbonyl (C=O) groups is 1. The first-order chi connectivity index (χ1) is 14.2. The van der Waals surface area contributed by atoms with Crippen LogP contribution in [0.5, 0.6) is 0 Å². The van der Waals surface area contributed by atoms with Crippen molar-refractivity contribution < 1.29 is 9.21 Å². The van der Waals surface area contributed by atoms with Crippen molar-refractivity contribution in [2.75, 3.05) is 44.2 Å². The number of likely N-dealkylation sites (tertiary alicyclic amines) is 2. The number of piperidine rings is 1. The van der Waals surface area contributed by atoms with Gasteiger partial charge in [0.1, 0.15) is 5.76 Å². The van der Waals surface area contributed by atoms with Gasteiger partial charge in [0.2, 0.25) is 11.9 Å². The highest BCUT2D eigenvalue weighted by molar-refractivity contribution is 5.87. The predicted octanol–water partition coefficient (Wildman–Crippen LogP) is 2.41. The van der Waals surface area contributed by atoms with Gasteiger partial charge in [0.05, 0.1) is 18.2 Å². The fourth-order valence-corrected chi connectivity index (χ4v) is 5.84. The zero-order valence-corrected chi connectivity index (χ0v) is 17.1. The molecule has 7 nitrogen and oxygen atoms in total. The van der Waals surface area contributed by atoms with Gasteiger partial charge in [0.25, 0.3) is 0 Å². The molecule has 1 unspecified atom stereocenters. The summed E-state index contributed by atoms with van der Waals surface area (Å²) in [6.45, 7) is 8.19. The van der Waals surface area contributed by atoms with E-state index in [1.54, 1.807) is 18.7 Å². The number of rotatable bonds is 4. The fourth-order valence-electron chi connectivity index (χ4n) is 5.84. The molecule has 2 aromatic rings. The monoisotopic (exact) mass is 395 g/mol. The highest BCUT2D eigenvalue weighted by Crippen LogP contribution is 2.58. The Morgan fingerprint density at radius 2 is 1.86 bits per heavy atom. The van der Waals surface area contributed by atoms with Crippen molar-refractivity contribution in [2.45, 2.75) is 32.7 Å². The second-order valence-electron chi connectivity index (χ2n) is 8.76. The molecule has 29 heavy (non-hydrogen) atoms. The normalized spacial score (nSPS) is 26.9. The van der Waals surface area contributed by atoms with Gasteiger partial charge < -0.3 is 14.2 Å². The van der Waals surface area contributed by atoms with Crippen molar-refractivity contribution in [3.8, 4) is 0 Å². The molecule has 0 bridgehead atoms. The average Bonchev–Trinajstić information content (AvgIpc) is 3.46. The lowest BCUT2D eigenvalue weighted by Gasteiger charge is -2.46. The maximum Gasteiger partial charge on any atom is 0.231 e. The van der Waals surface area contributed by atoms with Crippen molar-refractivity contribution in [1.29, 1.82) is 0 Å². The largest absolute Gasteiger partial charge is 0.468 e. The van der Waals surface area contributed by atoms with Crippen molar-refractivity contribution in [3.05, 3.63) is 42.6 Å². The molecular formula is C22H29N5O2. The second-order valence-corrected chi connectivity index (χ2v) is 8.76. The van der Waals surface area contributed by atoms with E-state index in [4.69, 9.17) is 4.42 Å². The van der Waals surface area contributed by atoms with E-state index in [1.807, 2.05) is 23.1 Å².